The van der Waals surface area contributed by atoms with Gasteiger partial charge < -0.3 is 4.74 Å². The summed E-state index contributed by atoms with van der Waals surface area (Å²) in [5, 5.41) is 5.91. The van der Waals surface area contributed by atoms with E-state index in [4.69, 9.17) is 4.74 Å². The molecular formula is C16H18N2O2S. The lowest BCUT2D eigenvalue weighted by Gasteiger charge is -2.03. The molecule has 0 bridgehead atoms. The van der Waals surface area contributed by atoms with Gasteiger partial charge in [0.05, 0.1) is 19.2 Å². The molecule has 21 heavy (non-hydrogen) atoms. The molecule has 0 aliphatic rings. The van der Waals surface area contributed by atoms with Crippen molar-refractivity contribution in [3.05, 3.63) is 52.2 Å². The quantitative estimate of drug-likeness (QED) is 0.630. The summed E-state index contributed by atoms with van der Waals surface area (Å²) in [4.78, 5) is 12.7. The van der Waals surface area contributed by atoms with Crippen molar-refractivity contribution >= 4 is 23.5 Å². The summed E-state index contributed by atoms with van der Waals surface area (Å²) in [6, 6.07) is 11.5. The highest BCUT2D eigenvalue weighted by Crippen LogP contribution is 2.11. The van der Waals surface area contributed by atoms with Crippen molar-refractivity contribution in [2.75, 3.05) is 6.61 Å². The summed E-state index contributed by atoms with van der Waals surface area (Å²) < 4.78 is 5.50. The molecule has 0 radical (unpaired) electrons. The maximum Gasteiger partial charge on any atom is 0.245 e. The Kier molecular flexibility index (Phi) is 5.97. The van der Waals surface area contributed by atoms with E-state index < -0.39 is 0 Å². The van der Waals surface area contributed by atoms with Crippen LogP contribution in [0.3, 0.4) is 0 Å². The Hall–Kier alpha value is -2.14. The second-order valence-electron chi connectivity index (χ2n) is 4.47. The molecular weight excluding hydrogens is 284 g/mol. The van der Waals surface area contributed by atoms with Crippen molar-refractivity contribution in [2.24, 2.45) is 5.10 Å². The van der Waals surface area contributed by atoms with E-state index in [1.807, 2.05) is 41.8 Å². The monoisotopic (exact) mass is 302 g/mol. The third kappa shape index (κ3) is 5.39. The molecule has 0 fully saturated rings. The Labute approximate surface area is 128 Å². The SMILES string of the molecule is CCCOc1ccc(C=NNC(=O)Cc2cccs2)cc1. The molecule has 0 unspecified atom stereocenters. The lowest BCUT2D eigenvalue weighted by molar-refractivity contribution is -0.120. The third-order valence-electron chi connectivity index (χ3n) is 2.67. The summed E-state index contributed by atoms with van der Waals surface area (Å²) in [5.41, 5.74) is 3.44. The average Bonchev–Trinajstić information content (AvgIpc) is 2.99. The van der Waals surface area contributed by atoms with Gasteiger partial charge in [-0.1, -0.05) is 13.0 Å². The molecule has 1 aromatic carbocycles. The van der Waals surface area contributed by atoms with Crippen LogP contribution < -0.4 is 10.2 Å². The molecule has 0 spiro atoms. The molecule has 110 valence electrons. The van der Waals surface area contributed by atoms with E-state index in [0.29, 0.717) is 13.0 Å². The van der Waals surface area contributed by atoms with Crippen LogP contribution in [0.25, 0.3) is 0 Å². The lowest BCUT2D eigenvalue weighted by Crippen LogP contribution is -2.19. The first-order valence-corrected chi connectivity index (χ1v) is 7.73. The summed E-state index contributed by atoms with van der Waals surface area (Å²) in [7, 11) is 0. The molecule has 1 amide bonds. The van der Waals surface area contributed by atoms with Gasteiger partial charge in [0.1, 0.15) is 5.75 Å². The number of nitrogens with zero attached hydrogens (tertiary/aromatic N) is 1. The average molecular weight is 302 g/mol. The number of rotatable bonds is 7. The number of thiophene rings is 1. The third-order valence-corrected chi connectivity index (χ3v) is 3.55. The molecule has 2 aromatic rings. The van der Waals surface area contributed by atoms with Crippen LogP contribution in [-0.2, 0) is 11.2 Å². The van der Waals surface area contributed by atoms with E-state index in [9.17, 15) is 4.79 Å². The summed E-state index contributed by atoms with van der Waals surface area (Å²) in [6.07, 6.45) is 2.97. The molecule has 2 rings (SSSR count). The van der Waals surface area contributed by atoms with E-state index in [0.717, 1.165) is 22.6 Å². The number of carbonyl (C=O) groups excluding carboxylic acids is 1. The maximum atomic E-state index is 11.6. The van der Waals surface area contributed by atoms with Gasteiger partial charge in [0.25, 0.3) is 0 Å². The van der Waals surface area contributed by atoms with Gasteiger partial charge in [0, 0.05) is 4.88 Å². The Morgan fingerprint density at radius 2 is 2.14 bits per heavy atom. The van der Waals surface area contributed by atoms with Gasteiger partial charge in [-0.2, -0.15) is 5.10 Å². The van der Waals surface area contributed by atoms with Gasteiger partial charge in [-0.05, 0) is 47.7 Å². The van der Waals surface area contributed by atoms with Crippen molar-refractivity contribution in [1.82, 2.24) is 5.43 Å². The zero-order valence-corrected chi connectivity index (χ0v) is 12.7. The maximum absolute atomic E-state index is 11.6. The Bertz CT molecular complexity index is 577. The molecule has 0 saturated carbocycles. The predicted molar refractivity (Wildman–Crippen MR) is 86.0 cm³/mol. The minimum atomic E-state index is -0.114. The van der Waals surface area contributed by atoms with Crippen LogP contribution >= 0.6 is 11.3 Å². The van der Waals surface area contributed by atoms with E-state index in [2.05, 4.69) is 17.5 Å². The van der Waals surface area contributed by atoms with Crippen LogP contribution in [0, 0.1) is 0 Å². The first kappa shape index (κ1) is 15.3. The molecule has 5 heteroatoms. The van der Waals surface area contributed by atoms with Crippen LogP contribution in [0.4, 0.5) is 0 Å². The molecule has 0 aliphatic carbocycles. The zero-order chi connectivity index (χ0) is 14.9. The number of hydrazone groups is 1. The van der Waals surface area contributed by atoms with Crippen molar-refractivity contribution in [1.29, 1.82) is 0 Å². The van der Waals surface area contributed by atoms with E-state index in [1.165, 1.54) is 0 Å². The van der Waals surface area contributed by atoms with Gasteiger partial charge >= 0.3 is 0 Å². The van der Waals surface area contributed by atoms with Gasteiger partial charge in [0.2, 0.25) is 5.91 Å². The van der Waals surface area contributed by atoms with Gasteiger partial charge in [-0.15, -0.1) is 11.3 Å². The number of amides is 1. The topological polar surface area (TPSA) is 50.7 Å². The van der Waals surface area contributed by atoms with Crippen molar-refractivity contribution in [3.63, 3.8) is 0 Å². The highest BCUT2D eigenvalue weighted by Gasteiger charge is 2.02. The van der Waals surface area contributed by atoms with E-state index in [-0.39, 0.29) is 5.91 Å². The fraction of sp³-hybridized carbons (Fsp3) is 0.250. The number of hydrogen-bond acceptors (Lipinski definition) is 4. The Morgan fingerprint density at radius 1 is 1.33 bits per heavy atom. The summed E-state index contributed by atoms with van der Waals surface area (Å²) >= 11 is 1.56. The fourth-order valence-corrected chi connectivity index (χ4v) is 2.36. The minimum Gasteiger partial charge on any atom is -0.494 e. The number of hydrogen-bond donors (Lipinski definition) is 1. The lowest BCUT2D eigenvalue weighted by atomic mass is 10.2. The summed E-state index contributed by atoms with van der Waals surface area (Å²) in [6.45, 7) is 2.78. The number of ether oxygens (including phenoxy) is 1. The van der Waals surface area contributed by atoms with E-state index in [1.54, 1.807) is 17.6 Å². The second kappa shape index (κ2) is 8.21. The van der Waals surface area contributed by atoms with Crippen LogP contribution in [0.15, 0.2) is 46.9 Å². The normalized spacial score (nSPS) is 10.7. The van der Waals surface area contributed by atoms with Crippen molar-refractivity contribution in [3.8, 4) is 5.75 Å². The van der Waals surface area contributed by atoms with Gasteiger partial charge in [-0.3, -0.25) is 4.79 Å². The zero-order valence-electron chi connectivity index (χ0n) is 11.9. The van der Waals surface area contributed by atoms with Crippen LogP contribution in [-0.4, -0.2) is 18.7 Å². The van der Waals surface area contributed by atoms with Crippen molar-refractivity contribution in [2.45, 2.75) is 19.8 Å². The first-order valence-electron chi connectivity index (χ1n) is 6.85. The number of carbonyl (C=O) groups is 1. The van der Waals surface area contributed by atoms with E-state index >= 15 is 0 Å². The molecule has 1 N–H and O–H groups in total. The van der Waals surface area contributed by atoms with Crippen LogP contribution in [0.2, 0.25) is 0 Å². The highest BCUT2D eigenvalue weighted by atomic mass is 32.1. The fourth-order valence-electron chi connectivity index (χ4n) is 1.66. The van der Waals surface area contributed by atoms with Gasteiger partial charge in [-0.25, -0.2) is 5.43 Å². The smallest absolute Gasteiger partial charge is 0.245 e. The largest absolute Gasteiger partial charge is 0.494 e. The first-order chi connectivity index (χ1) is 10.3. The molecule has 1 aromatic heterocycles. The van der Waals surface area contributed by atoms with Gasteiger partial charge in [0.15, 0.2) is 0 Å². The minimum absolute atomic E-state index is 0.114. The predicted octanol–water partition coefficient (Wildman–Crippen LogP) is 3.23. The molecule has 0 aliphatic heterocycles. The highest BCUT2D eigenvalue weighted by molar-refractivity contribution is 7.10. The molecule has 1 heterocycles. The summed E-state index contributed by atoms with van der Waals surface area (Å²) in [5.74, 6) is 0.729. The molecule has 0 saturated heterocycles. The second-order valence-corrected chi connectivity index (χ2v) is 5.50. The standard InChI is InChI=1S/C16H18N2O2S/c1-2-9-20-14-7-5-13(6-8-14)12-17-18-16(19)11-15-4-3-10-21-15/h3-8,10,12H,2,9,11H2,1H3,(H,18,19). The number of nitrogens with one attached hydrogen (secondary N) is 1. The number of benzene rings is 1. The van der Waals surface area contributed by atoms with Crippen LogP contribution in [0.5, 0.6) is 5.75 Å². The Balaban J connectivity index is 1.79. The van der Waals surface area contributed by atoms with Crippen molar-refractivity contribution < 1.29 is 9.53 Å². The van der Waals surface area contributed by atoms with Crippen LogP contribution in [0.1, 0.15) is 23.8 Å². The molecule has 4 nitrogen and oxygen atoms in total. The molecule has 0 atom stereocenters. The Morgan fingerprint density at radius 3 is 2.81 bits per heavy atom.